The van der Waals surface area contributed by atoms with E-state index in [0.29, 0.717) is 24.4 Å². The lowest BCUT2D eigenvalue weighted by molar-refractivity contribution is -0.122. The Labute approximate surface area is 92.8 Å². The van der Waals surface area contributed by atoms with E-state index in [-0.39, 0.29) is 5.91 Å². The summed E-state index contributed by atoms with van der Waals surface area (Å²) in [6.07, 6.45) is 5.85. The van der Waals surface area contributed by atoms with Gasteiger partial charge in [-0.1, -0.05) is 13.8 Å². The number of hydrogen-bond donors (Lipinski definition) is 2. The third kappa shape index (κ3) is 5.17. The van der Waals surface area contributed by atoms with Crippen molar-refractivity contribution >= 4 is 5.91 Å². The summed E-state index contributed by atoms with van der Waals surface area (Å²) in [6, 6.07) is 0.735. The number of carbonyl (C=O) groups excluding carboxylic acids is 1. The van der Waals surface area contributed by atoms with Gasteiger partial charge in [-0.05, 0) is 38.0 Å². The molecule has 15 heavy (non-hydrogen) atoms. The summed E-state index contributed by atoms with van der Waals surface area (Å²) in [4.78, 5) is 11.6. The van der Waals surface area contributed by atoms with E-state index in [1.807, 2.05) is 0 Å². The van der Waals surface area contributed by atoms with E-state index in [1.165, 1.54) is 0 Å². The fourth-order valence-electron chi connectivity index (χ4n) is 1.98. The molecule has 0 aromatic heterocycles. The molecule has 0 unspecified atom stereocenters. The van der Waals surface area contributed by atoms with Crippen LogP contribution in [0.25, 0.3) is 0 Å². The van der Waals surface area contributed by atoms with E-state index in [0.717, 1.165) is 32.1 Å². The Morgan fingerprint density at radius 2 is 1.93 bits per heavy atom. The zero-order chi connectivity index (χ0) is 11.3. The zero-order valence-electron chi connectivity index (χ0n) is 9.96. The zero-order valence-corrected chi connectivity index (χ0v) is 9.96. The maximum absolute atomic E-state index is 11.6. The first-order chi connectivity index (χ1) is 7.08. The van der Waals surface area contributed by atoms with Crippen molar-refractivity contribution in [1.82, 2.24) is 5.32 Å². The normalized spacial score (nSPS) is 26.7. The van der Waals surface area contributed by atoms with E-state index >= 15 is 0 Å². The molecule has 0 atom stereocenters. The van der Waals surface area contributed by atoms with Crippen LogP contribution < -0.4 is 11.1 Å². The summed E-state index contributed by atoms with van der Waals surface area (Å²) in [5.74, 6) is 0.819. The lowest BCUT2D eigenvalue weighted by Gasteiger charge is -2.26. The van der Waals surface area contributed by atoms with Crippen LogP contribution in [0.1, 0.15) is 52.4 Å². The smallest absolute Gasteiger partial charge is 0.220 e. The first-order valence-corrected chi connectivity index (χ1v) is 6.13. The van der Waals surface area contributed by atoms with Crippen LogP contribution >= 0.6 is 0 Å². The van der Waals surface area contributed by atoms with E-state index in [9.17, 15) is 4.79 Å². The molecule has 3 nitrogen and oxygen atoms in total. The van der Waals surface area contributed by atoms with Crippen molar-refractivity contribution in [1.29, 1.82) is 0 Å². The number of nitrogens with two attached hydrogens (primary N) is 1. The van der Waals surface area contributed by atoms with Gasteiger partial charge in [0.05, 0.1) is 0 Å². The topological polar surface area (TPSA) is 55.1 Å². The van der Waals surface area contributed by atoms with Gasteiger partial charge >= 0.3 is 0 Å². The monoisotopic (exact) mass is 212 g/mol. The molecule has 0 aliphatic heterocycles. The molecule has 1 amide bonds. The minimum absolute atomic E-state index is 0.212. The van der Waals surface area contributed by atoms with Crippen molar-refractivity contribution < 1.29 is 4.79 Å². The maximum Gasteiger partial charge on any atom is 0.220 e. The third-order valence-corrected chi connectivity index (χ3v) is 3.09. The predicted molar refractivity (Wildman–Crippen MR) is 62.4 cm³/mol. The fraction of sp³-hybridized carbons (Fsp3) is 0.917. The standard InChI is InChI=1S/C12H24N2O/c1-9(2)3-8-12(15)14-11-6-4-10(13)5-7-11/h9-11H,3-8,13H2,1-2H3,(H,14,15). The van der Waals surface area contributed by atoms with Crippen LogP contribution in [-0.4, -0.2) is 18.0 Å². The molecule has 1 fully saturated rings. The largest absolute Gasteiger partial charge is 0.353 e. The molecule has 1 aliphatic rings. The van der Waals surface area contributed by atoms with E-state index < -0.39 is 0 Å². The Morgan fingerprint density at radius 1 is 1.33 bits per heavy atom. The number of amides is 1. The second kappa shape index (κ2) is 6.11. The molecule has 0 aromatic carbocycles. The second-order valence-corrected chi connectivity index (χ2v) is 5.11. The predicted octanol–water partition coefficient (Wildman–Crippen LogP) is 1.81. The highest BCUT2D eigenvalue weighted by molar-refractivity contribution is 5.76. The van der Waals surface area contributed by atoms with Crippen LogP contribution in [0.2, 0.25) is 0 Å². The Bertz CT molecular complexity index is 196. The van der Waals surface area contributed by atoms with Crippen LogP contribution in [0.5, 0.6) is 0 Å². The van der Waals surface area contributed by atoms with Crippen molar-refractivity contribution in [3.05, 3.63) is 0 Å². The molecule has 0 saturated heterocycles. The van der Waals surface area contributed by atoms with Crippen molar-refractivity contribution in [2.24, 2.45) is 11.7 Å². The second-order valence-electron chi connectivity index (χ2n) is 5.11. The molecule has 0 heterocycles. The summed E-state index contributed by atoms with van der Waals surface area (Å²) in [7, 11) is 0. The van der Waals surface area contributed by atoms with Gasteiger partial charge in [0.2, 0.25) is 5.91 Å². The molecule has 0 bridgehead atoms. The first-order valence-electron chi connectivity index (χ1n) is 6.13. The van der Waals surface area contributed by atoms with Gasteiger partial charge in [0, 0.05) is 18.5 Å². The molecule has 0 aromatic rings. The average Bonchev–Trinajstić information content (AvgIpc) is 2.19. The van der Waals surface area contributed by atoms with Gasteiger partial charge in [-0.15, -0.1) is 0 Å². The molecule has 0 spiro atoms. The summed E-state index contributed by atoms with van der Waals surface area (Å²) in [5, 5.41) is 3.10. The molecule has 3 heteroatoms. The highest BCUT2D eigenvalue weighted by Crippen LogP contribution is 2.17. The average molecular weight is 212 g/mol. The Hall–Kier alpha value is -0.570. The lowest BCUT2D eigenvalue weighted by Crippen LogP contribution is -2.40. The van der Waals surface area contributed by atoms with Gasteiger partial charge in [0.15, 0.2) is 0 Å². The molecule has 1 rings (SSSR count). The summed E-state index contributed by atoms with van der Waals surface area (Å²) >= 11 is 0. The maximum atomic E-state index is 11.6. The van der Waals surface area contributed by atoms with Crippen LogP contribution in [0.3, 0.4) is 0 Å². The Morgan fingerprint density at radius 3 is 2.47 bits per heavy atom. The van der Waals surface area contributed by atoms with Crippen molar-refractivity contribution in [2.75, 3.05) is 0 Å². The third-order valence-electron chi connectivity index (χ3n) is 3.09. The SMILES string of the molecule is CC(C)CCC(=O)NC1CCC(N)CC1. The number of rotatable bonds is 4. The van der Waals surface area contributed by atoms with Crippen molar-refractivity contribution in [2.45, 2.75) is 64.5 Å². The van der Waals surface area contributed by atoms with Crippen molar-refractivity contribution in [3.63, 3.8) is 0 Å². The number of hydrogen-bond acceptors (Lipinski definition) is 2. The quantitative estimate of drug-likeness (QED) is 0.746. The first kappa shape index (κ1) is 12.5. The highest BCUT2D eigenvalue weighted by Gasteiger charge is 2.19. The lowest BCUT2D eigenvalue weighted by atomic mass is 9.91. The van der Waals surface area contributed by atoms with Crippen LogP contribution in [0, 0.1) is 5.92 Å². The van der Waals surface area contributed by atoms with Gasteiger partial charge < -0.3 is 11.1 Å². The summed E-state index contributed by atoms with van der Waals surface area (Å²) < 4.78 is 0. The van der Waals surface area contributed by atoms with Crippen LogP contribution in [0.4, 0.5) is 0 Å². The van der Waals surface area contributed by atoms with Crippen LogP contribution in [0.15, 0.2) is 0 Å². The van der Waals surface area contributed by atoms with Crippen molar-refractivity contribution in [3.8, 4) is 0 Å². The molecule has 0 radical (unpaired) electrons. The van der Waals surface area contributed by atoms with Gasteiger partial charge in [0.1, 0.15) is 0 Å². The van der Waals surface area contributed by atoms with E-state index in [2.05, 4.69) is 19.2 Å². The van der Waals surface area contributed by atoms with Gasteiger partial charge in [-0.2, -0.15) is 0 Å². The van der Waals surface area contributed by atoms with Gasteiger partial charge in [0.25, 0.3) is 0 Å². The van der Waals surface area contributed by atoms with E-state index in [1.54, 1.807) is 0 Å². The molecule has 1 saturated carbocycles. The molecular formula is C12H24N2O. The van der Waals surface area contributed by atoms with E-state index in [4.69, 9.17) is 5.73 Å². The number of nitrogens with one attached hydrogen (secondary N) is 1. The van der Waals surface area contributed by atoms with Gasteiger partial charge in [-0.25, -0.2) is 0 Å². The Balaban J connectivity index is 2.15. The van der Waals surface area contributed by atoms with Gasteiger partial charge in [-0.3, -0.25) is 4.79 Å². The molecule has 88 valence electrons. The van der Waals surface area contributed by atoms with Crippen LogP contribution in [-0.2, 0) is 4.79 Å². The Kier molecular flexibility index (Phi) is 5.09. The summed E-state index contributed by atoms with van der Waals surface area (Å²) in [6.45, 7) is 4.29. The molecular weight excluding hydrogens is 188 g/mol. The highest BCUT2D eigenvalue weighted by atomic mass is 16.1. The molecule has 1 aliphatic carbocycles. The minimum atomic E-state index is 0.212. The minimum Gasteiger partial charge on any atom is -0.353 e. The number of carbonyl (C=O) groups is 1. The molecule has 3 N–H and O–H groups in total. The fourth-order valence-corrected chi connectivity index (χ4v) is 1.98. The summed E-state index contributed by atoms with van der Waals surface area (Å²) in [5.41, 5.74) is 5.81.